The molecule has 2 rings (SSSR count). The monoisotopic (exact) mass is 259 g/mol. The van der Waals surface area contributed by atoms with Crippen molar-refractivity contribution >= 4 is 5.78 Å². The van der Waals surface area contributed by atoms with Crippen LogP contribution in [-0.4, -0.2) is 27.7 Å². The lowest BCUT2D eigenvalue weighted by Gasteiger charge is -2.07. The summed E-state index contributed by atoms with van der Waals surface area (Å²) in [5.74, 6) is 1.27. The summed E-state index contributed by atoms with van der Waals surface area (Å²) in [6, 6.07) is 7.22. The zero-order valence-electron chi connectivity index (χ0n) is 11.2. The van der Waals surface area contributed by atoms with E-state index < -0.39 is 0 Å². The summed E-state index contributed by atoms with van der Waals surface area (Å²) in [6.07, 6.45) is 2.68. The fourth-order valence-corrected chi connectivity index (χ4v) is 1.94. The zero-order chi connectivity index (χ0) is 13.7. The second kappa shape index (κ2) is 6.13. The standard InChI is InChI=1S/C14H17N3O2/c1-3-8-17-14(15-10-16-17)9-12(18)11-6-4-5-7-13(11)19-2/h4-7,10H,3,8-9H2,1-2H3. The number of methoxy groups -OCH3 is 1. The van der Waals surface area contributed by atoms with Crippen LogP contribution in [0.1, 0.15) is 29.5 Å². The van der Waals surface area contributed by atoms with Crippen molar-refractivity contribution in [2.45, 2.75) is 26.3 Å². The van der Waals surface area contributed by atoms with Crippen molar-refractivity contribution in [3.8, 4) is 5.75 Å². The molecule has 0 radical (unpaired) electrons. The first kappa shape index (κ1) is 13.3. The number of hydrogen-bond acceptors (Lipinski definition) is 4. The molecule has 0 spiro atoms. The molecule has 1 aromatic carbocycles. The average molecular weight is 259 g/mol. The molecule has 0 atom stereocenters. The third kappa shape index (κ3) is 2.99. The van der Waals surface area contributed by atoms with Crippen LogP contribution in [0.15, 0.2) is 30.6 Å². The lowest BCUT2D eigenvalue weighted by Crippen LogP contribution is -2.12. The number of aromatic nitrogens is 3. The van der Waals surface area contributed by atoms with E-state index >= 15 is 0 Å². The van der Waals surface area contributed by atoms with Gasteiger partial charge in [-0.25, -0.2) is 9.67 Å². The highest BCUT2D eigenvalue weighted by Gasteiger charge is 2.15. The van der Waals surface area contributed by atoms with E-state index in [0.29, 0.717) is 17.1 Å². The summed E-state index contributed by atoms with van der Waals surface area (Å²) in [6.45, 7) is 2.84. The van der Waals surface area contributed by atoms with E-state index in [-0.39, 0.29) is 12.2 Å². The highest BCUT2D eigenvalue weighted by Crippen LogP contribution is 2.19. The molecule has 0 bridgehead atoms. The van der Waals surface area contributed by atoms with Crippen LogP contribution in [0.25, 0.3) is 0 Å². The molecule has 0 unspecified atom stereocenters. The van der Waals surface area contributed by atoms with Gasteiger partial charge in [0.25, 0.3) is 0 Å². The third-order valence-electron chi connectivity index (χ3n) is 2.86. The van der Waals surface area contributed by atoms with Crippen molar-refractivity contribution in [1.29, 1.82) is 0 Å². The Morgan fingerprint density at radius 1 is 1.37 bits per heavy atom. The van der Waals surface area contributed by atoms with E-state index in [1.807, 2.05) is 12.1 Å². The molecule has 5 heteroatoms. The fourth-order valence-electron chi connectivity index (χ4n) is 1.94. The van der Waals surface area contributed by atoms with Crippen LogP contribution in [0.3, 0.4) is 0 Å². The number of para-hydroxylation sites is 1. The van der Waals surface area contributed by atoms with Crippen molar-refractivity contribution in [2.24, 2.45) is 0 Å². The Labute approximate surface area is 112 Å². The second-order valence-electron chi connectivity index (χ2n) is 4.20. The van der Waals surface area contributed by atoms with Crippen LogP contribution < -0.4 is 4.74 Å². The van der Waals surface area contributed by atoms with Gasteiger partial charge in [-0.15, -0.1) is 0 Å². The smallest absolute Gasteiger partial charge is 0.174 e. The summed E-state index contributed by atoms with van der Waals surface area (Å²) >= 11 is 0. The number of carbonyl (C=O) groups excluding carboxylic acids is 1. The summed E-state index contributed by atoms with van der Waals surface area (Å²) in [5.41, 5.74) is 0.580. The van der Waals surface area contributed by atoms with E-state index in [4.69, 9.17) is 4.74 Å². The highest BCUT2D eigenvalue weighted by atomic mass is 16.5. The average Bonchev–Trinajstić information content (AvgIpc) is 2.86. The molecule has 1 heterocycles. The number of nitrogens with zero attached hydrogens (tertiary/aromatic N) is 3. The minimum Gasteiger partial charge on any atom is -0.496 e. The van der Waals surface area contributed by atoms with Gasteiger partial charge in [-0.2, -0.15) is 5.10 Å². The van der Waals surface area contributed by atoms with Crippen molar-refractivity contribution < 1.29 is 9.53 Å². The number of Topliss-reactive ketones (excluding diaryl/α,β-unsaturated/α-hetero) is 1. The Balaban J connectivity index is 2.18. The normalized spacial score (nSPS) is 10.4. The molecule has 2 aromatic rings. The maximum atomic E-state index is 12.3. The number of hydrogen-bond donors (Lipinski definition) is 0. The maximum Gasteiger partial charge on any atom is 0.174 e. The topological polar surface area (TPSA) is 57.0 Å². The van der Waals surface area contributed by atoms with Gasteiger partial charge >= 0.3 is 0 Å². The summed E-state index contributed by atoms with van der Waals surface area (Å²) in [4.78, 5) is 16.4. The minimum absolute atomic E-state index is 0.0113. The molecular formula is C14H17N3O2. The highest BCUT2D eigenvalue weighted by molar-refractivity contribution is 5.99. The van der Waals surface area contributed by atoms with Crippen LogP contribution in [-0.2, 0) is 13.0 Å². The maximum absolute atomic E-state index is 12.3. The van der Waals surface area contributed by atoms with Gasteiger partial charge in [0.1, 0.15) is 17.9 Å². The van der Waals surface area contributed by atoms with E-state index in [1.54, 1.807) is 23.9 Å². The number of aryl methyl sites for hydroxylation is 1. The van der Waals surface area contributed by atoms with Gasteiger partial charge in [0, 0.05) is 6.54 Å². The number of carbonyl (C=O) groups is 1. The van der Waals surface area contributed by atoms with Gasteiger partial charge in [-0.1, -0.05) is 19.1 Å². The predicted molar refractivity (Wildman–Crippen MR) is 71.3 cm³/mol. The summed E-state index contributed by atoms with van der Waals surface area (Å²) in [7, 11) is 1.56. The Morgan fingerprint density at radius 3 is 2.89 bits per heavy atom. The first-order valence-corrected chi connectivity index (χ1v) is 6.29. The molecule has 0 fully saturated rings. The van der Waals surface area contributed by atoms with E-state index in [0.717, 1.165) is 13.0 Å². The Hall–Kier alpha value is -2.17. The van der Waals surface area contributed by atoms with Gasteiger partial charge in [0.05, 0.1) is 19.1 Å². The second-order valence-corrected chi connectivity index (χ2v) is 4.20. The lowest BCUT2D eigenvalue weighted by molar-refractivity contribution is 0.0986. The van der Waals surface area contributed by atoms with E-state index in [1.165, 1.54) is 6.33 Å². The fraction of sp³-hybridized carbons (Fsp3) is 0.357. The summed E-state index contributed by atoms with van der Waals surface area (Å²) < 4.78 is 6.97. The lowest BCUT2D eigenvalue weighted by atomic mass is 10.1. The van der Waals surface area contributed by atoms with Crippen LogP contribution in [0.5, 0.6) is 5.75 Å². The molecular weight excluding hydrogens is 242 g/mol. The Kier molecular flexibility index (Phi) is 4.28. The van der Waals surface area contributed by atoms with Crippen LogP contribution >= 0.6 is 0 Å². The molecule has 100 valence electrons. The minimum atomic E-state index is -0.0113. The van der Waals surface area contributed by atoms with Gasteiger partial charge < -0.3 is 4.74 Å². The van der Waals surface area contributed by atoms with Crippen LogP contribution in [0.2, 0.25) is 0 Å². The number of benzene rings is 1. The van der Waals surface area contributed by atoms with Crippen LogP contribution in [0.4, 0.5) is 0 Å². The van der Waals surface area contributed by atoms with Crippen LogP contribution in [0, 0.1) is 0 Å². The van der Waals surface area contributed by atoms with Crippen molar-refractivity contribution in [1.82, 2.24) is 14.8 Å². The van der Waals surface area contributed by atoms with Gasteiger partial charge in [0.15, 0.2) is 5.78 Å². The van der Waals surface area contributed by atoms with Gasteiger partial charge in [0.2, 0.25) is 0 Å². The number of rotatable bonds is 6. The SMILES string of the molecule is CCCn1ncnc1CC(=O)c1ccccc1OC. The first-order valence-electron chi connectivity index (χ1n) is 6.29. The number of ether oxygens (including phenoxy) is 1. The molecule has 0 aliphatic carbocycles. The molecule has 0 aliphatic rings. The Morgan fingerprint density at radius 2 is 2.16 bits per heavy atom. The first-order chi connectivity index (χ1) is 9.26. The molecule has 0 N–H and O–H groups in total. The molecule has 0 saturated heterocycles. The third-order valence-corrected chi connectivity index (χ3v) is 2.86. The Bertz CT molecular complexity index is 563. The molecule has 19 heavy (non-hydrogen) atoms. The summed E-state index contributed by atoms with van der Waals surface area (Å²) in [5, 5.41) is 4.12. The van der Waals surface area contributed by atoms with E-state index in [2.05, 4.69) is 17.0 Å². The quantitative estimate of drug-likeness (QED) is 0.746. The van der Waals surface area contributed by atoms with Gasteiger partial charge in [-0.05, 0) is 18.6 Å². The van der Waals surface area contributed by atoms with Crippen molar-refractivity contribution in [3.63, 3.8) is 0 Å². The number of ketones is 1. The van der Waals surface area contributed by atoms with E-state index in [9.17, 15) is 4.79 Å². The molecule has 1 aromatic heterocycles. The molecule has 5 nitrogen and oxygen atoms in total. The van der Waals surface area contributed by atoms with Crippen molar-refractivity contribution in [3.05, 3.63) is 42.0 Å². The predicted octanol–water partition coefficient (Wildman–Crippen LogP) is 2.12. The molecule has 0 aliphatic heterocycles. The van der Waals surface area contributed by atoms with Gasteiger partial charge in [-0.3, -0.25) is 4.79 Å². The molecule has 0 saturated carbocycles. The van der Waals surface area contributed by atoms with Crippen molar-refractivity contribution in [2.75, 3.05) is 7.11 Å². The largest absolute Gasteiger partial charge is 0.496 e. The molecule has 0 amide bonds. The zero-order valence-corrected chi connectivity index (χ0v) is 11.2.